The highest BCUT2D eigenvalue weighted by Crippen LogP contribution is 2.25. The van der Waals surface area contributed by atoms with Crippen molar-refractivity contribution < 1.29 is 4.92 Å². The number of fused-ring (bicyclic) bond motifs is 1. The third kappa shape index (κ3) is 1.30. The van der Waals surface area contributed by atoms with Gasteiger partial charge < -0.3 is 10.1 Å². The third-order valence-electron chi connectivity index (χ3n) is 1.91. The van der Waals surface area contributed by atoms with Crippen molar-refractivity contribution in [2.75, 3.05) is 0 Å². The highest BCUT2D eigenvalue weighted by Gasteiger charge is 2.18. The summed E-state index contributed by atoms with van der Waals surface area (Å²) in [6, 6.07) is 4.59. The lowest BCUT2D eigenvalue weighted by atomic mass is 10.3. The molecule has 2 heterocycles. The Balaban J connectivity index is 2.83. The molecule has 0 saturated heterocycles. The lowest BCUT2D eigenvalue weighted by Crippen LogP contribution is -1.98. The van der Waals surface area contributed by atoms with Crippen LogP contribution in [0, 0.1) is 21.4 Å². The third-order valence-corrected chi connectivity index (χ3v) is 2.30. The molecule has 0 fully saturated rings. The first kappa shape index (κ1) is 9.43. The Morgan fingerprint density at radius 3 is 2.93 bits per heavy atom. The first-order valence-corrected chi connectivity index (χ1v) is 4.23. The molecule has 0 aromatic carbocycles. The van der Waals surface area contributed by atoms with Gasteiger partial charge in [0, 0.05) is 6.07 Å². The molecule has 7 heteroatoms. The highest BCUT2D eigenvalue weighted by atomic mass is 35.5. The average molecular weight is 223 g/mol. The number of hydrogen-bond acceptors (Lipinski definition) is 4. The van der Waals surface area contributed by atoms with E-state index in [1.165, 1.54) is 18.3 Å². The molecule has 0 N–H and O–H groups in total. The summed E-state index contributed by atoms with van der Waals surface area (Å²) in [4.78, 5) is 10.0. The molecule has 0 spiro atoms. The predicted octanol–water partition coefficient (Wildman–Crippen LogP) is 1.77. The van der Waals surface area contributed by atoms with E-state index in [2.05, 4.69) is 5.10 Å². The summed E-state index contributed by atoms with van der Waals surface area (Å²) in [5, 5.41) is 23.2. The van der Waals surface area contributed by atoms with Gasteiger partial charge in [0.15, 0.2) is 5.52 Å². The average Bonchev–Trinajstić information content (AvgIpc) is 2.62. The number of nitrogens with zero attached hydrogens (tertiary/aromatic N) is 4. The van der Waals surface area contributed by atoms with Crippen molar-refractivity contribution in [3.63, 3.8) is 0 Å². The zero-order valence-electron chi connectivity index (χ0n) is 7.22. The van der Waals surface area contributed by atoms with Crippen LogP contribution in [0.4, 0.5) is 5.82 Å². The number of nitro groups is 1. The first-order chi connectivity index (χ1) is 7.15. The van der Waals surface area contributed by atoms with Crippen molar-refractivity contribution in [3.05, 3.63) is 39.0 Å². The molecule has 0 unspecified atom stereocenters. The minimum absolute atomic E-state index is 0.167. The number of hydrogen-bond donors (Lipinski definition) is 0. The lowest BCUT2D eigenvalue weighted by molar-refractivity contribution is -0.390. The summed E-state index contributed by atoms with van der Waals surface area (Å²) >= 11 is 5.85. The molecular formula is C8H3ClN4O2. The Kier molecular flexibility index (Phi) is 2.02. The monoisotopic (exact) mass is 222 g/mol. The number of nitriles is 1. The molecule has 0 atom stereocenters. The molecular weight excluding hydrogens is 220 g/mol. The van der Waals surface area contributed by atoms with Gasteiger partial charge in [-0.05, 0) is 11.0 Å². The van der Waals surface area contributed by atoms with Crippen molar-refractivity contribution in [2.24, 2.45) is 0 Å². The topological polar surface area (TPSA) is 84.2 Å². The fraction of sp³-hybridized carbons (Fsp3) is 0. The Labute approximate surface area is 88.5 Å². The van der Waals surface area contributed by atoms with E-state index in [9.17, 15) is 10.1 Å². The first-order valence-electron chi connectivity index (χ1n) is 3.86. The van der Waals surface area contributed by atoms with Gasteiger partial charge >= 0.3 is 5.82 Å². The molecule has 2 aromatic heterocycles. The van der Waals surface area contributed by atoms with Crippen LogP contribution in [0.5, 0.6) is 0 Å². The summed E-state index contributed by atoms with van der Waals surface area (Å²) in [6.07, 6.45) is 1.20. The van der Waals surface area contributed by atoms with Crippen LogP contribution in [-0.2, 0) is 0 Å². The van der Waals surface area contributed by atoms with E-state index in [0.717, 1.165) is 4.52 Å². The van der Waals surface area contributed by atoms with Gasteiger partial charge in [0.25, 0.3) is 0 Å². The summed E-state index contributed by atoms with van der Waals surface area (Å²) < 4.78 is 1.09. The zero-order chi connectivity index (χ0) is 11.0. The second-order valence-electron chi connectivity index (χ2n) is 2.73. The second kappa shape index (κ2) is 3.22. The molecule has 0 aliphatic heterocycles. The van der Waals surface area contributed by atoms with Gasteiger partial charge in [-0.2, -0.15) is 5.26 Å². The maximum absolute atomic E-state index is 10.6. The van der Waals surface area contributed by atoms with E-state index >= 15 is 0 Å². The largest absolute Gasteiger partial charge is 0.358 e. The summed E-state index contributed by atoms with van der Waals surface area (Å²) in [6.45, 7) is 0. The minimum Gasteiger partial charge on any atom is -0.358 e. The second-order valence-corrected chi connectivity index (χ2v) is 3.11. The molecule has 15 heavy (non-hydrogen) atoms. The van der Waals surface area contributed by atoms with Gasteiger partial charge in [-0.25, -0.2) is 0 Å². The van der Waals surface area contributed by atoms with Gasteiger partial charge in [0.05, 0.1) is 11.8 Å². The summed E-state index contributed by atoms with van der Waals surface area (Å²) in [5.74, 6) is -0.184. The van der Waals surface area contributed by atoms with Crippen molar-refractivity contribution >= 4 is 22.9 Å². The zero-order valence-corrected chi connectivity index (χ0v) is 7.97. The maximum atomic E-state index is 10.6. The van der Waals surface area contributed by atoms with Crippen molar-refractivity contribution in [3.8, 4) is 6.07 Å². The number of aromatic nitrogens is 2. The van der Waals surface area contributed by atoms with Crippen LogP contribution in [0.25, 0.3) is 5.52 Å². The Hall–Kier alpha value is -2.13. The van der Waals surface area contributed by atoms with Gasteiger partial charge in [-0.15, -0.1) is 0 Å². The molecule has 0 bridgehead atoms. The van der Waals surface area contributed by atoms with Crippen LogP contribution in [0.1, 0.15) is 5.56 Å². The van der Waals surface area contributed by atoms with Crippen molar-refractivity contribution in [1.82, 2.24) is 9.61 Å². The van der Waals surface area contributed by atoms with E-state index in [1.807, 2.05) is 6.07 Å². The van der Waals surface area contributed by atoms with E-state index in [0.29, 0.717) is 5.52 Å². The summed E-state index contributed by atoms with van der Waals surface area (Å²) in [7, 11) is 0. The molecule has 0 radical (unpaired) electrons. The van der Waals surface area contributed by atoms with Crippen LogP contribution in [0.2, 0.25) is 5.02 Å². The smallest absolute Gasteiger partial charge is 0.348 e. The van der Waals surface area contributed by atoms with E-state index in [4.69, 9.17) is 16.9 Å². The van der Waals surface area contributed by atoms with Crippen LogP contribution < -0.4 is 0 Å². The normalized spacial score (nSPS) is 10.1. The molecule has 74 valence electrons. The molecule has 0 aliphatic carbocycles. The lowest BCUT2D eigenvalue weighted by Gasteiger charge is -1.95. The van der Waals surface area contributed by atoms with Crippen LogP contribution in [0.3, 0.4) is 0 Å². The SMILES string of the molecule is N#Cc1cnn2c([N+](=O)[O-])ccc2c1Cl. The van der Waals surface area contributed by atoms with Crippen LogP contribution in [0.15, 0.2) is 18.3 Å². The quantitative estimate of drug-likeness (QED) is 0.544. The van der Waals surface area contributed by atoms with Crippen molar-refractivity contribution in [1.29, 1.82) is 5.26 Å². The molecule has 0 amide bonds. The van der Waals surface area contributed by atoms with Gasteiger partial charge in [-0.3, -0.25) is 0 Å². The van der Waals surface area contributed by atoms with Crippen LogP contribution in [-0.4, -0.2) is 14.5 Å². The number of rotatable bonds is 1. The van der Waals surface area contributed by atoms with Crippen LogP contribution >= 0.6 is 11.6 Å². The van der Waals surface area contributed by atoms with Gasteiger partial charge in [-0.1, -0.05) is 21.2 Å². The standard InChI is InChI=1S/C8H3ClN4O2/c9-8-5(3-10)4-11-12-6(8)1-2-7(12)13(14)15/h1-2,4H. The highest BCUT2D eigenvalue weighted by molar-refractivity contribution is 6.34. The Bertz CT molecular complexity index is 598. The maximum Gasteiger partial charge on any atom is 0.348 e. The fourth-order valence-corrected chi connectivity index (χ4v) is 1.47. The van der Waals surface area contributed by atoms with E-state index in [1.54, 1.807) is 0 Å². The van der Waals surface area contributed by atoms with Gasteiger partial charge in [0.2, 0.25) is 0 Å². The summed E-state index contributed by atoms with van der Waals surface area (Å²) in [5.41, 5.74) is 0.541. The molecule has 6 nitrogen and oxygen atoms in total. The van der Waals surface area contributed by atoms with Crippen molar-refractivity contribution in [2.45, 2.75) is 0 Å². The molecule has 0 aliphatic rings. The fourth-order valence-electron chi connectivity index (χ4n) is 1.23. The molecule has 2 aromatic rings. The molecule has 2 rings (SSSR count). The Morgan fingerprint density at radius 2 is 2.33 bits per heavy atom. The van der Waals surface area contributed by atoms with E-state index in [-0.39, 0.29) is 16.4 Å². The predicted molar refractivity (Wildman–Crippen MR) is 51.6 cm³/mol. The molecule has 0 saturated carbocycles. The Morgan fingerprint density at radius 1 is 1.60 bits per heavy atom. The minimum atomic E-state index is -0.567. The number of halogens is 1. The van der Waals surface area contributed by atoms with Gasteiger partial charge in [0.1, 0.15) is 11.1 Å². The van der Waals surface area contributed by atoms with E-state index < -0.39 is 4.92 Å².